The molecular weight excluding hydrogens is 278 g/mol. The summed E-state index contributed by atoms with van der Waals surface area (Å²) in [4.78, 5) is 12.5. The minimum absolute atomic E-state index is 0.0511. The number of nitrogens with one attached hydrogen (secondary N) is 1. The number of para-hydroxylation sites is 2. The van der Waals surface area contributed by atoms with Gasteiger partial charge in [-0.05, 0) is 56.1 Å². The van der Waals surface area contributed by atoms with Crippen molar-refractivity contribution >= 4 is 5.91 Å². The molecule has 1 heterocycles. The standard InChI is InChI=1S/C18H23NO3/c1-11(14-9-12-6-7-13(14)8-12)19-18(20)17-10-21-15-4-2-3-5-16(15)22-17/h2-5,11-14,17H,6-10H2,1H3,(H,19,20). The molecule has 0 spiro atoms. The SMILES string of the molecule is CC(NC(=O)C1COc2ccccc2O1)C1CC2CCC1C2. The van der Waals surface area contributed by atoms with Gasteiger partial charge in [-0.1, -0.05) is 18.6 Å². The van der Waals surface area contributed by atoms with Crippen LogP contribution in [0.3, 0.4) is 0 Å². The van der Waals surface area contributed by atoms with Crippen molar-refractivity contribution in [2.24, 2.45) is 17.8 Å². The van der Waals surface area contributed by atoms with Crippen LogP contribution in [0.4, 0.5) is 0 Å². The van der Waals surface area contributed by atoms with Gasteiger partial charge in [0.25, 0.3) is 5.91 Å². The van der Waals surface area contributed by atoms with Gasteiger partial charge in [0.05, 0.1) is 0 Å². The summed E-state index contributed by atoms with van der Waals surface area (Å²) < 4.78 is 11.4. The van der Waals surface area contributed by atoms with Crippen LogP contribution in [0.5, 0.6) is 11.5 Å². The zero-order valence-corrected chi connectivity index (χ0v) is 13.0. The highest BCUT2D eigenvalue weighted by molar-refractivity contribution is 5.82. The first kappa shape index (κ1) is 13.9. The van der Waals surface area contributed by atoms with E-state index in [2.05, 4.69) is 12.2 Å². The summed E-state index contributed by atoms with van der Waals surface area (Å²) in [5, 5.41) is 3.16. The molecule has 0 radical (unpaired) electrons. The molecule has 1 aromatic carbocycles. The molecule has 118 valence electrons. The number of ether oxygens (including phenoxy) is 2. The monoisotopic (exact) mass is 301 g/mol. The van der Waals surface area contributed by atoms with Gasteiger partial charge in [-0.15, -0.1) is 0 Å². The van der Waals surface area contributed by atoms with Crippen LogP contribution in [-0.2, 0) is 4.79 Å². The summed E-state index contributed by atoms with van der Waals surface area (Å²) in [6.45, 7) is 2.42. The topological polar surface area (TPSA) is 47.6 Å². The number of amides is 1. The largest absolute Gasteiger partial charge is 0.485 e. The lowest BCUT2D eigenvalue weighted by Crippen LogP contribution is -2.49. The summed E-state index contributed by atoms with van der Waals surface area (Å²) in [6.07, 6.45) is 4.82. The normalized spacial score (nSPS) is 33.5. The van der Waals surface area contributed by atoms with Crippen LogP contribution in [0.2, 0.25) is 0 Å². The van der Waals surface area contributed by atoms with Crippen LogP contribution in [0.1, 0.15) is 32.6 Å². The first-order valence-corrected chi connectivity index (χ1v) is 8.39. The number of hydrogen-bond acceptors (Lipinski definition) is 3. The number of carbonyl (C=O) groups excluding carboxylic acids is 1. The maximum absolute atomic E-state index is 12.5. The van der Waals surface area contributed by atoms with Crippen LogP contribution >= 0.6 is 0 Å². The van der Waals surface area contributed by atoms with E-state index in [0.717, 1.165) is 11.8 Å². The molecule has 4 heteroatoms. The molecule has 1 aromatic rings. The highest BCUT2D eigenvalue weighted by Gasteiger charge is 2.42. The zero-order valence-electron chi connectivity index (χ0n) is 13.0. The van der Waals surface area contributed by atoms with Crippen LogP contribution in [0.25, 0.3) is 0 Å². The van der Waals surface area contributed by atoms with Crippen LogP contribution < -0.4 is 14.8 Å². The van der Waals surface area contributed by atoms with E-state index in [0.29, 0.717) is 17.4 Å². The Hall–Kier alpha value is -1.71. The average Bonchev–Trinajstić information content (AvgIpc) is 3.17. The minimum atomic E-state index is -0.545. The highest BCUT2D eigenvalue weighted by Crippen LogP contribution is 2.49. The van der Waals surface area contributed by atoms with E-state index in [9.17, 15) is 4.79 Å². The van der Waals surface area contributed by atoms with Crippen molar-refractivity contribution < 1.29 is 14.3 Å². The number of rotatable bonds is 3. The second-order valence-corrected chi connectivity index (χ2v) is 7.00. The molecule has 2 saturated carbocycles. The van der Waals surface area contributed by atoms with Crippen molar-refractivity contribution in [3.63, 3.8) is 0 Å². The molecule has 2 aliphatic carbocycles. The predicted octanol–water partition coefficient (Wildman–Crippen LogP) is 2.77. The molecule has 3 aliphatic rings. The van der Waals surface area contributed by atoms with Gasteiger partial charge >= 0.3 is 0 Å². The maximum atomic E-state index is 12.5. The van der Waals surface area contributed by atoms with Crippen molar-refractivity contribution in [2.45, 2.75) is 44.8 Å². The van der Waals surface area contributed by atoms with Gasteiger partial charge in [-0.3, -0.25) is 4.79 Å². The van der Waals surface area contributed by atoms with E-state index in [1.54, 1.807) is 0 Å². The zero-order chi connectivity index (χ0) is 15.1. The van der Waals surface area contributed by atoms with Crippen molar-refractivity contribution in [1.82, 2.24) is 5.32 Å². The number of benzene rings is 1. The van der Waals surface area contributed by atoms with Crippen molar-refractivity contribution in [2.75, 3.05) is 6.61 Å². The van der Waals surface area contributed by atoms with Crippen molar-refractivity contribution in [3.8, 4) is 11.5 Å². The van der Waals surface area contributed by atoms with Gasteiger partial charge in [0, 0.05) is 6.04 Å². The predicted molar refractivity (Wildman–Crippen MR) is 82.9 cm³/mol. The molecule has 0 saturated heterocycles. The van der Waals surface area contributed by atoms with E-state index < -0.39 is 6.10 Å². The third kappa shape index (κ3) is 2.44. The number of carbonyl (C=O) groups is 1. The molecule has 1 N–H and O–H groups in total. The fourth-order valence-corrected chi connectivity index (χ4v) is 4.48. The van der Waals surface area contributed by atoms with Gasteiger partial charge < -0.3 is 14.8 Å². The second kappa shape index (κ2) is 5.49. The van der Waals surface area contributed by atoms with Gasteiger partial charge in [-0.2, -0.15) is 0 Å². The summed E-state index contributed by atoms with van der Waals surface area (Å²) in [5.74, 6) is 3.67. The fourth-order valence-electron chi connectivity index (χ4n) is 4.48. The Labute approximate surface area is 131 Å². The van der Waals surface area contributed by atoms with Gasteiger partial charge in [-0.25, -0.2) is 0 Å². The van der Waals surface area contributed by atoms with Crippen molar-refractivity contribution in [1.29, 1.82) is 0 Å². The van der Waals surface area contributed by atoms with Crippen molar-refractivity contribution in [3.05, 3.63) is 24.3 Å². The summed E-state index contributed by atoms with van der Waals surface area (Å²) >= 11 is 0. The van der Waals surface area contributed by atoms with Gasteiger partial charge in [0.15, 0.2) is 11.5 Å². The van der Waals surface area contributed by atoms with Gasteiger partial charge in [0.2, 0.25) is 6.10 Å². The Morgan fingerprint density at radius 2 is 2.05 bits per heavy atom. The Bertz CT molecular complexity index is 573. The molecule has 5 atom stereocenters. The van der Waals surface area contributed by atoms with Crippen LogP contribution in [0.15, 0.2) is 24.3 Å². The van der Waals surface area contributed by atoms with E-state index in [4.69, 9.17) is 9.47 Å². The molecule has 4 rings (SSSR count). The number of fused-ring (bicyclic) bond motifs is 3. The van der Waals surface area contributed by atoms with Gasteiger partial charge in [0.1, 0.15) is 6.61 Å². The first-order chi connectivity index (χ1) is 10.7. The van der Waals surface area contributed by atoms with Crippen LogP contribution in [0, 0.1) is 17.8 Å². The van der Waals surface area contributed by atoms with E-state index in [1.807, 2.05) is 24.3 Å². The quantitative estimate of drug-likeness (QED) is 0.934. The second-order valence-electron chi connectivity index (χ2n) is 7.00. The summed E-state index contributed by atoms with van der Waals surface area (Å²) in [6, 6.07) is 7.72. The molecule has 0 aromatic heterocycles. The van der Waals surface area contributed by atoms with E-state index in [-0.39, 0.29) is 18.6 Å². The lowest BCUT2D eigenvalue weighted by molar-refractivity contribution is -0.131. The molecule has 1 aliphatic heterocycles. The van der Waals surface area contributed by atoms with E-state index >= 15 is 0 Å². The lowest BCUT2D eigenvalue weighted by atomic mass is 9.84. The molecule has 2 fully saturated rings. The molecular formula is C18H23NO3. The Kier molecular flexibility index (Phi) is 3.47. The molecule has 1 amide bonds. The summed E-state index contributed by atoms with van der Waals surface area (Å²) in [5.41, 5.74) is 0. The molecule has 5 unspecified atom stereocenters. The molecule has 2 bridgehead atoms. The Balaban J connectivity index is 1.37. The number of hydrogen-bond donors (Lipinski definition) is 1. The maximum Gasteiger partial charge on any atom is 0.264 e. The average molecular weight is 301 g/mol. The lowest BCUT2D eigenvalue weighted by Gasteiger charge is -2.31. The molecule has 22 heavy (non-hydrogen) atoms. The Morgan fingerprint density at radius 3 is 2.77 bits per heavy atom. The minimum Gasteiger partial charge on any atom is -0.485 e. The summed E-state index contributed by atoms with van der Waals surface area (Å²) in [7, 11) is 0. The first-order valence-electron chi connectivity index (χ1n) is 8.39. The smallest absolute Gasteiger partial charge is 0.264 e. The van der Waals surface area contributed by atoms with Crippen LogP contribution in [-0.4, -0.2) is 24.7 Å². The third-order valence-corrected chi connectivity index (χ3v) is 5.61. The fraction of sp³-hybridized carbons (Fsp3) is 0.611. The molecule has 4 nitrogen and oxygen atoms in total. The van der Waals surface area contributed by atoms with E-state index in [1.165, 1.54) is 25.7 Å². The third-order valence-electron chi connectivity index (χ3n) is 5.61. The highest BCUT2D eigenvalue weighted by atomic mass is 16.6. The Morgan fingerprint density at radius 1 is 1.23 bits per heavy atom.